The molecule has 0 aliphatic heterocycles. The summed E-state index contributed by atoms with van der Waals surface area (Å²) in [5.74, 6) is 0. The van der Waals surface area contributed by atoms with Gasteiger partial charge in [-0.1, -0.05) is 0 Å². The Balaban J connectivity index is 2.73. The van der Waals surface area contributed by atoms with Crippen molar-refractivity contribution in [2.45, 2.75) is 0 Å². The summed E-state index contributed by atoms with van der Waals surface area (Å²) in [5, 5.41) is 8.32. The van der Waals surface area contributed by atoms with E-state index >= 15 is 0 Å². The lowest BCUT2D eigenvalue weighted by Crippen LogP contribution is -2.13. The maximum atomic E-state index is 8.32. The van der Waals surface area contributed by atoms with Crippen LogP contribution in [0.4, 0.5) is 0 Å². The van der Waals surface area contributed by atoms with Crippen LogP contribution in [0.15, 0.2) is 0 Å². The fraction of sp³-hybridized carbons (Fsp3) is 1.00. The first-order chi connectivity index (χ1) is 5.91. The molecule has 0 aromatic rings. The van der Waals surface area contributed by atoms with Crippen LogP contribution in [0.2, 0.25) is 0 Å². The normalized spacial score (nSPS) is 10.5. The molecule has 0 aliphatic carbocycles. The fourth-order valence-corrected chi connectivity index (χ4v) is 0.545. The van der Waals surface area contributed by atoms with Crippen molar-refractivity contribution in [2.24, 2.45) is 5.73 Å². The van der Waals surface area contributed by atoms with Gasteiger partial charge >= 0.3 is 0 Å². The second-order valence-electron chi connectivity index (χ2n) is 2.06. The third-order valence-corrected chi connectivity index (χ3v) is 1.04. The van der Waals surface area contributed by atoms with Gasteiger partial charge in [0.1, 0.15) is 6.79 Å². The lowest BCUT2D eigenvalue weighted by Gasteiger charge is -2.04. The monoisotopic (exact) mass is 179 g/mol. The third kappa shape index (κ3) is 9.80. The maximum absolute atomic E-state index is 8.32. The summed E-state index contributed by atoms with van der Waals surface area (Å²) in [5.41, 5.74) is 5.19. The number of aliphatic hydroxyl groups excluding tert-OH is 1. The van der Waals surface area contributed by atoms with Crippen LogP contribution in [-0.2, 0) is 14.2 Å². The molecule has 0 spiro atoms. The second-order valence-corrected chi connectivity index (χ2v) is 2.06. The zero-order valence-electron chi connectivity index (χ0n) is 7.20. The molecule has 0 aliphatic rings. The van der Waals surface area contributed by atoms with Crippen molar-refractivity contribution in [3.8, 4) is 0 Å². The average molecular weight is 179 g/mol. The van der Waals surface area contributed by atoms with Crippen LogP contribution < -0.4 is 5.73 Å². The Bertz CT molecular complexity index is 71.8. The highest BCUT2D eigenvalue weighted by Crippen LogP contribution is 1.79. The van der Waals surface area contributed by atoms with Crippen LogP contribution in [0.3, 0.4) is 0 Å². The summed E-state index contributed by atoms with van der Waals surface area (Å²) < 4.78 is 14.9. The highest BCUT2D eigenvalue weighted by Gasteiger charge is 1.88. The molecule has 74 valence electrons. The molecule has 0 heterocycles. The summed E-state index contributed by atoms with van der Waals surface area (Å²) in [6.07, 6.45) is 0. The Morgan fingerprint density at radius 3 is 2.25 bits per heavy atom. The predicted molar refractivity (Wildman–Crippen MR) is 43.7 cm³/mol. The van der Waals surface area contributed by atoms with Crippen LogP contribution in [0, 0.1) is 0 Å². The number of hydrogen-bond acceptors (Lipinski definition) is 5. The molecule has 0 bridgehead atoms. The molecule has 0 amide bonds. The fourth-order valence-electron chi connectivity index (χ4n) is 0.545. The summed E-state index contributed by atoms with van der Waals surface area (Å²) in [7, 11) is 0. The topological polar surface area (TPSA) is 73.9 Å². The van der Waals surface area contributed by atoms with Gasteiger partial charge < -0.3 is 25.1 Å². The molecule has 0 atom stereocenters. The Morgan fingerprint density at radius 1 is 0.917 bits per heavy atom. The first-order valence-electron chi connectivity index (χ1n) is 3.96. The van der Waals surface area contributed by atoms with Crippen molar-refractivity contribution in [1.82, 2.24) is 0 Å². The average Bonchev–Trinajstić information content (AvgIpc) is 2.10. The van der Waals surface area contributed by atoms with Gasteiger partial charge in [-0.15, -0.1) is 0 Å². The van der Waals surface area contributed by atoms with Crippen LogP contribution in [-0.4, -0.2) is 51.5 Å². The van der Waals surface area contributed by atoms with Gasteiger partial charge in [-0.25, -0.2) is 0 Å². The lowest BCUT2D eigenvalue weighted by atomic mass is 10.7. The molecule has 0 radical (unpaired) electrons. The largest absolute Gasteiger partial charge is 0.394 e. The quantitative estimate of drug-likeness (QED) is 0.349. The molecular weight excluding hydrogens is 162 g/mol. The van der Waals surface area contributed by atoms with Gasteiger partial charge in [0.25, 0.3) is 0 Å². The minimum absolute atomic E-state index is 0.0209. The first kappa shape index (κ1) is 11.8. The van der Waals surface area contributed by atoms with Gasteiger partial charge in [-0.05, 0) is 0 Å². The van der Waals surface area contributed by atoms with Crippen molar-refractivity contribution in [3.05, 3.63) is 0 Å². The van der Waals surface area contributed by atoms with Gasteiger partial charge in [-0.3, -0.25) is 0 Å². The highest BCUT2D eigenvalue weighted by molar-refractivity contribution is 4.31. The van der Waals surface area contributed by atoms with E-state index in [2.05, 4.69) is 0 Å². The molecular formula is C7H17NO4. The molecule has 0 fully saturated rings. The minimum atomic E-state index is 0.0209. The number of hydrogen-bond donors (Lipinski definition) is 2. The smallest absolute Gasteiger partial charge is 0.146 e. The van der Waals surface area contributed by atoms with Crippen LogP contribution in [0.25, 0.3) is 0 Å². The Morgan fingerprint density at radius 2 is 1.58 bits per heavy atom. The Hall–Kier alpha value is -0.200. The summed E-state index contributed by atoms with van der Waals surface area (Å²) in [6.45, 7) is 2.64. The van der Waals surface area contributed by atoms with E-state index in [4.69, 9.17) is 25.1 Å². The third-order valence-electron chi connectivity index (χ3n) is 1.04. The second kappa shape index (κ2) is 10.8. The van der Waals surface area contributed by atoms with Crippen LogP contribution in [0.1, 0.15) is 0 Å². The molecule has 0 saturated heterocycles. The van der Waals surface area contributed by atoms with Crippen LogP contribution in [0.5, 0.6) is 0 Å². The molecule has 12 heavy (non-hydrogen) atoms. The molecule has 0 rings (SSSR count). The van der Waals surface area contributed by atoms with Crippen molar-refractivity contribution < 1.29 is 19.3 Å². The van der Waals surface area contributed by atoms with E-state index in [-0.39, 0.29) is 13.4 Å². The van der Waals surface area contributed by atoms with Crippen molar-refractivity contribution in [1.29, 1.82) is 0 Å². The highest BCUT2D eigenvalue weighted by atomic mass is 16.7. The number of ether oxygens (including phenoxy) is 3. The molecule has 5 nitrogen and oxygen atoms in total. The Kier molecular flexibility index (Phi) is 10.6. The molecule has 0 aromatic carbocycles. The van der Waals surface area contributed by atoms with E-state index in [0.29, 0.717) is 33.0 Å². The standard InChI is InChI=1S/C7H17NO4/c8-1-3-10-5-6-12-7-11-4-2-9/h9H,1-8H2. The van der Waals surface area contributed by atoms with Gasteiger partial charge in [0, 0.05) is 6.54 Å². The molecule has 3 N–H and O–H groups in total. The summed E-state index contributed by atoms with van der Waals surface area (Å²) in [6, 6.07) is 0. The maximum Gasteiger partial charge on any atom is 0.146 e. The van der Waals surface area contributed by atoms with Crippen molar-refractivity contribution in [2.75, 3.05) is 46.4 Å². The van der Waals surface area contributed by atoms with Gasteiger partial charge in [-0.2, -0.15) is 0 Å². The zero-order chi connectivity index (χ0) is 9.07. The molecule has 5 heteroatoms. The van der Waals surface area contributed by atoms with E-state index in [0.717, 1.165) is 0 Å². The molecule has 0 unspecified atom stereocenters. The number of aliphatic hydroxyl groups is 1. The van der Waals surface area contributed by atoms with Crippen molar-refractivity contribution >= 4 is 0 Å². The van der Waals surface area contributed by atoms with E-state index in [1.54, 1.807) is 0 Å². The lowest BCUT2D eigenvalue weighted by molar-refractivity contribution is -0.0755. The number of nitrogens with two attached hydrogens (primary N) is 1. The Labute approximate surface area is 72.4 Å². The van der Waals surface area contributed by atoms with E-state index in [1.807, 2.05) is 0 Å². The van der Waals surface area contributed by atoms with Gasteiger partial charge in [0.05, 0.1) is 33.0 Å². The van der Waals surface area contributed by atoms with E-state index in [9.17, 15) is 0 Å². The first-order valence-corrected chi connectivity index (χ1v) is 3.96. The number of rotatable bonds is 9. The predicted octanol–water partition coefficient (Wildman–Crippen LogP) is -1.06. The minimum Gasteiger partial charge on any atom is -0.394 e. The molecule has 0 aromatic heterocycles. The van der Waals surface area contributed by atoms with Crippen molar-refractivity contribution in [3.63, 3.8) is 0 Å². The van der Waals surface area contributed by atoms with Crippen LogP contribution >= 0.6 is 0 Å². The SMILES string of the molecule is NCCOCCOCOCCO. The zero-order valence-corrected chi connectivity index (χ0v) is 7.20. The molecule has 0 saturated carbocycles. The summed E-state index contributed by atoms with van der Waals surface area (Å²) >= 11 is 0. The van der Waals surface area contributed by atoms with Gasteiger partial charge in [0.15, 0.2) is 0 Å². The van der Waals surface area contributed by atoms with Gasteiger partial charge in [0.2, 0.25) is 0 Å². The van der Waals surface area contributed by atoms with E-state index in [1.165, 1.54) is 0 Å². The summed E-state index contributed by atoms with van der Waals surface area (Å²) in [4.78, 5) is 0. The van der Waals surface area contributed by atoms with E-state index < -0.39 is 0 Å².